The molecule has 2 aromatic rings. The smallest absolute Gasteiger partial charge is 0.274 e. The summed E-state index contributed by atoms with van der Waals surface area (Å²) in [6, 6.07) is 6.78. The first-order valence-electron chi connectivity index (χ1n) is 5.46. The van der Waals surface area contributed by atoms with Gasteiger partial charge in [0, 0.05) is 10.7 Å². The molecule has 98 valence electrons. The Bertz CT molecular complexity index is 605. The van der Waals surface area contributed by atoms with Gasteiger partial charge in [-0.05, 0) is 36.8 Å². The maximum Gasteiger partial charge on any atom is 0.274 e. The van der Waals surface area contributed by atoms with Gasteiger partial charge >= 0.3 is 0 Å². The van der Waals surface area contributed by atoms with Crippen molar-refractivity contribution in [1.82, 2.24) is 4.98 Å². The zero-order valence-corrected chi connectivity index (χ0v) is 12.4. The van der Waals surface area contributed by atoms with Crippen LogP contribution in [0.25, 0.3) is 0 Å². The molecule has 1 amide bonds. The summed E-state index contributed by atoms with van der Waals surface area (Å²) >= 11 is 9.07. The number of hydrogen-bond acceptors (Lipinski definition) is 3. The van der Waals surface area contributed by atoms with Gasteiger partial charge in [0.2, 0.25) is 0 Å². The molecule has 1 heterocycles. The second-order valence-corrected chi connectivity index (χ2v) is 5.35. The Kier molecular flexibility index (Phi) is 4.07. The lowest BCUT2D eigenvalue weighted by Gasteiger charge is -2.11. The third-order valence-corrected chi connectivity index (χ3v) is 3.21. The molecule has 0 saturated carbocycles. The molecule has 0 radical (unpaired) electrons. The van der Waals surface area contributed by atoms with Gasteiger partial charge in [-0.2, -0.15) is 0 Å². The first kappa shape index (κ1) is 13.8. The summed E-state index contributed by atoms with van der Waals surface area (Å²) in [5.74, 6) is -0.325. The third kappa shape index (κ3) is 3.24. The summed E-state index contributed by atoms with van der Waals surface area (Å²) in [5.41, 5.74) is 8.12. The lowest BCUT2D eigenvalue weighted by atomic mass is 10.1. The molecule has 0 saturated heterocycles. The number of anilines is 2. The molecular weight excluding hydrogens is 330 g/mol. The normalized spacial score (nSPS) is 10.3. The Morgan fingerprint density at radius 3 is 2.74 bits per heavy atom. The summed E-state index contributed by atoms with van der Waals surface area (Å²) in [6.07, 6.45) is 1.42. The molecule has 0 aliphatic carbocycles. The number of aromatic nitrogens is 1. The number of benzene rings is 1. The highest BCUT2D eigenvalue weighted by molar-refractivity contribution is 9.10. The van der Waals surface area contributed by atoms with Crippen LogP contribution in [-0.2, 0) is 0 Å². The van der Waals surface area contributed by atoms with Gasteiger partial charge in [0.25, 0.3) is 5.91 Å². The minimum absolute atomic E-state index is 0.283. The average molecular weight is 341 g/mol. The van der Waals surface area contributed by atoms with Crippen molar-refractivity contribution in [1.29, 1.82) is 0 Å². The summed E-state index contributed by atoms with van der Waals surface area (Å²) in [5, 5.41) is 3.23. The lowest BCUT2D eigenvalue weighted by Crippen LogP contribution is -2.15. The molecule has 0 atom stereocenters. The summed E-state index contributed by atoms with van der Waals surface area (Å²) in [4.78, 5) is 16.0. The lowest BCUT2D eigenvalue weighted by molar-refractivity contribution is 0.102. The van der Waals surface area contributed by atoms with Crippen LogP contribution < -0.4 is 11.1 Å². The summed E-state index contributed by atoms with van der Waals surface area (Å²) in [7, 11) is 0. The van der Waals surface area contributed by atoms with Crippen LogP contribution in [0.1, 0.15) is 16.1 Å². The molecule has 19 heavy (non-hydrogen) atoms. The van der Waals surface area contributed by atoms with E-state index in [1.54, 1.807) is 18.2 Å². The van der Waals surface area contributed by atoms with Crippen LogP contribution in [0, 0.1) is 6.92 Å². The van der Waals surface area contributed by atoms with Crippen molar-refractivity contribution in [2.75, 3.05) is 11.1 Å². The Labute approximate surface area is 124 Å². The number of rotatable bonds is 2. The molecule has 0 fully saturated rings. The summed E-state index contributed by atoms with van der Waals surface area (Å²) in [6.45, 7) is 1.87. The van der Waals surface area contributed by atoms with Crippen molar-refractivity contribution < 1.29 is 4.79 Å². The molecule has 6 heteroatoms. The number of amides is 1. The minimum atomic E-state index is -0.325. The minimum Gasteiger partial charge on any atom is -0.397 e. The Morgan fingerprint density at radius 1 is 1.42 bits per heavy atom. The van der Waals surface area contributed by atoms with Crippen LogP contribution in [0.2, 0.25) is 5.02 Å². The maximum absolute atomic E-state index is 12.0. The number of carbonyl (C=O) groups is 1. The highest BCUT2D eigenvalue weighted by Gasteiger charge is 2.12. The maximum atomic E-state index is 12.0. The van der Waals surface area contributed by atoms with Crippen LogP contribution >= 0.6 is 27.5 Å². The first-order chi connectivity index (χ1) is 8.97. The molecule has 0 aliphatic heterocycles. The van der Waals surface area contributed by atoms with Crippen LogP contribution in [0.5, 0.6) is 0 Å². The van der Waals surface area contributed by atoms with E-state index in [1.165, 1.54) is 6.20 Å². The highest BCUT2D eigenvalue weighted by atomic mass is 79.9. The number of nitrogens with zero attached hydrogens (tertiary/aromatic N) is 1. The number of aryl methyl sites for hydroxylation is 1. The molecule has 2 rings (SSSR count). The molecule has 0 aliphatic rings. The second kappa shape index (κ2) is 5.59. The van der Waals surface area contributed by atoms with Crippen LogP contribution in [0.15, 0.2) is 34.9 Å². The standard InChI is InChI=1S/C13H11BrClN3O/c1-7-4-8(14)5-10(16)12(7)18-13(19)11-3-2-9(15)6-17-11/h2-6H,16H2,1H3,(H,18,19). The molecule has 1 aromatic heterocycles. The van der Waals surface area contributed by atoms with Gasteiger partial charge in [-0.3, -0.25) is 4.79 Å². The number of hydrogen-bond donors (Lipinski definition) is 2. The van der Waals surface area contributed by atoms with Gasteiger partial charge in [-0.1, -0.05) is 27.5 Å². The van der Waals surface area contributed by atoms with Gasteiger partial charge < -0.3 is 11.1 Å². The van der Waals surface area contributed by atoms with Crippen molar-refractivity contribution >= 4 is 44.8 Å². The predicted molar refractivity (Wildman–Crippen MR) is 80.5 cm³/mol. The topological polar surface area (TPSA) is 68.0 Å². The number of halogens is 2. The van der Waals surface area contributed by atoms with Gasteiger partial charge in [0.15, 0.2) is 0 Å². The fraction of sp³-hybridized carbons (Fsp3) is 0.0769. The monoisotopic (exact) mass is 339 g/mol. The predicted octanol–water partition coefficient (Wildman–Crippen LogP) is 3.64. The van der Waals surface area contributed by atoms with E-state index >= 15 is 0 Å². The third-order valence-electron chi connectivity index (χ3n) is 2.53. The largest absolute Gasteiger partial charge is 0.397 e. The van der Waals surface area contributed by atoms with Gasteiger partial charge in [0.1, 0.15) is 5.69 Å². The quantitative estimate of drug-likeness (QED) is 0.820. The molecule has 0 bridgehead atoms. The number of nitrogen functional groups attached to an aromatic ring is 1. The molecule has 4 nitrogen and oxygen atoms in total. The number of nitrogens with one attached hydrogen (secondary N) is 1. The summed E-state index contributed by atoms with van der Waals surface area (Å²) < 4.78 is 0.866. The molecular formula is C13H11BrClN3O. The molecule has 0 unspecified atom stereocenters. The zero-order valence-electron chi connectivity index (χ0n) is 10.1. The van der Waals surface area contributed by atoms with E-state index < -0.39 is 0 Å². The van der Waals surface area contributed by atoms with E-state index in [0.717, 1.165) is 10.0 Å². The highest BCUT2D eigenvalue weighted by Crippen LogP contribution is 2.28. The SMILES string of the molecule is Cc1cc(Br)cc(N)c1NC(=O)c1ccc(Cl)cn1. The van der Waals surface area contributed by atoms with Gasteiger partial charge in [-0.15, -0.1) is 0 Å². The Hall–Kier alpha value is -1.59. The van der Waals surface area contributed by atoms with Crippen LogP contribution in [0.3, 0.4) is 0 Å². The van der Waals surface area contributed by atoms with Crippen LogP contribution in [0.4, 0.5) is 11.4 Å². The zero-order chi connectivity index (χ0) is 14.0. The number of pyridine rings is 1. The number of nitrogens with two attached hydrogens (primary N) is 1. The van der Waals surface area contributed by atoms with Crippen molar-refractivity contribution in [2.24, 2.45) is 0 Å². The Balaban J connectivity index is 2.26. The van der Waals surface area contributed by atoms with E-state index in [0.29, 0.717) is 16.4 Å². The van der Waals surface area contributed by atoms with Gasteiger partial charge in [-0.25, -0.2) is 4.98 Å². The van der Waals surface area contributed by atoms with E-state index in [4.69, 9.17) is 17.3 Å². The van der Waals surface area contributed by atoms with Crippen molar-refractivity contribution in [2.45, 2.75) is 6.92 Å². The van der Waals surface area contributed by atoms with E-state index in [9.17, 15) is 4.79 Å². The fourth-order valence-electron chi connectivity index (χ4n) is 1.63. The average Bonchev–Trinajstić information content (AvgIpc) is 2.34. The number of carbonyl (C=O) groups excluding carboxylic acids is 1. The fourth-order valence-corrected chi connectivity index (χ4v) is 2.33. The molecule has 0 spiro atoms. The second-order valence-electron chi connectivity index (χ2n) is 4.00. The van der Waals surface area contributed by atoms with Crippen LogP contribution in [-0.4, -0.2) is 10.9 Å². The molecule has 3 N–H and O–H groups in total. The molecule has 1 aromatic carbocycles. The van der Waals surface area contributed by atoms with Crippen molar-refractivity contribution in [3.8, 4) is 0 Å². The first-order valence-corrected chi connectivity index (χ1v) is 6.63. The van der Waals surface area contributed by atoms with Gasteiger partial charge in [0.05, 0.1) is 16.4 Å². The van der Waals surface area contributed by atoms with Crippen molar-refractivity contribution in [3.63, 3.8) is 0 Å². The van der Waals surface area contributed by atoms with E-state index in [2.05, 4.69) is 26.2 Å². The van der Waals surface area contributed by atoms with E-state index in [-0.39, 0.29) is 11.6 Å². The Morgan fingerprint density at radius 2 is 2.16 bits per heavy atom. The van der Waals surface area contributed by atoms with E-state index in [1.807, 2.05) is 13.0 Å². The van der Waals surface area contributed by atoms with Crippen molar-refractivity contribution in [3.05, 3.63) is 51.2 Å².